The molecule has 1 heterocycles. The number of halogens is 2. The number of carbonyl (C=O) groups is 1. The summed E-state index contributed by atoms with van der Waals surface area (Å²) >= 11 is 0. The summed E-state index contributed by atoms with van der Waals surface area (Å²) in [6, 6.07) is 1.92. The van der Waals surface area contributed by atoms with Crippen molar-refractivity contribution in [3.05, 3.63) is 29.6 Å². The lowest BCUT2D eigenvalue weighted by atomic mass is 10.1. The van der Waals surface area contributed by atoms with Gasteiger partial charge in [-0.3, -0.25) is 0 Å². The molecule has 2 N–H and O–H groups in total. The molecule has 1 aromatic heterocycles. The fourth-order valence-corrected chi connectivity index (χ4v) is 1.15. The number of rotatable bonds is 2. The van der Waals surface area contributed by atoms with Crippen molar-refractivity contribution in [2.24, 2.45) is 10.9 Å². The smallest absolute Gasteiger partial charge is 0.360 e. The SMILES string of the molecule is CC(C)(C)OC(=O)C(=NN)c1ccc(F)nc1F. The van der Waals surface area contributed by atoms with E-state index in [2.05, 4.69) is 10.1 Å². The summed E-state index contributed by atoms with van der Waals surface area (Å²) < 4.78 is 31.0. The van der Waals surface area contributed by atoms with Gasteiger partial charge in [0.1, 0.15) is 5.60 Å². The van der Waals surface area contributed by atoms with Crippen LogP contribution in [0, 0.1) is 11.9 Å². The van der Waals surface area contributed by atoms with Crippen LogP contribution in [0.4, 0.5) is 8.78 Å². The van der Waals surface area contributed by atoms with Gasteiger partial charge in [-0.25, -0.2) is 4.79 Å². The lowest BCUT2D eigenvalue weighted by Gasteiger charge is -2.19. The molecule has 0 bridgehead atoms. The fraction of sp³-hybridized carbons (Fsp3) is 0.364. The van der Waals surface area contributed by atoms with Crippen LogP contribution in [0.1, 0.15) is 26.3 Å². The molecule has 0 fully saturated rings. The minimum Gasteiger partial charge on any atom is -0.455 e. The van der Waals surface area contributed by atoms with Crippen LogP contribution in [0.25, 0.3) is 0 Å². The Balaban J connectivity index is 3.08. The number of aromatic nitrogens is 1. The molecule has 0 spiro atoms. The number of hydrazone groups is 1. The molecule has 1 aromatic rings. The molecule has 18 heavy (non-hydrogen) atoms. The average Bonchev–Trinajstić information content (AvgIpc) is 2.19. The van der Waals surface area contributed by atoms with Crippen molar-refractivity contribution in [1.29, 1.82) is 0 Å². The molecule has 1 rings (SSSR count). The number of hydrogen-bond donors (Lipinski definition) is 1. The molecule has 0 radical (unpaired) electrons. The minimum atomic E-state index is -1.18. The van der Waals surface area contributed by atoms with E-state index in [9.17, 15) is 13.6 Å². The second-order valence-corrected chi connectivity index (χ2v) is 4.45. The standard InChI is InChI=1S/C11H13F2N3O2/c1-11(2,3)18-10(17)8(16-14)6-4-5-7(12)15-9(6)13/h4-5H,14H2,1-3H3. The Morgan fingerprint density at radius 3 is 2.44 bits per heavy atom. The van der Waals surface area contributed by atoms with Gasteiger partial charge in [-0.05, 0) is 32.9 Å². The Morgan fingerprint density at radius 1 is 1.39 bits per heavy atom. The molecule has 0 aliphatic rings. The van der Waals surface area contributed by atoms with Gasteiger partial charge in [0.05, 0.1) is 5.56 Å². The van der Waals surface area contributed by atoms with Gasteiger partial charge in [0.15, 0.2) is 5.71 Å². The molecular weight excluding hydrogens is 244 g/mol. The maximum Gasteiger partial charge on any atom is 0.360 e. The molecule has 0 aliphatic heterocycles. The van der Waals surface area contributed by atoms with Gasteiger partial charge < -0.3 is 10.6 Å². The molecule has 0 unspecified atom stereocenters. The van der Waals surface area contributed by atoms with E-state index < -0.39 is 29.2 Å². The third-order valence-corrected chi connectivity index (χ3v) is 1.79. The number of pyridine rings is 1. The Hall–Kier alpha value is -2.05. The number of carbonyl (C=O) groups excluding carboxylic acids is 1. The van der Waals surface area contributed by atoms with Gasteiger partial charge in [-0.15, -0.1) is 0 Å². The highest BCUT2D eigenvalue weighted by Gasteiger charge is 2.25. The van der Waals surface area contributed by atoms with Crippen LogP contribution in [-0.2, 0) is 9.53 Å². The third-order valence-electron chi connectivity index (χ3n) is 1.79. The molecule has 0 saturated carbocycles. The van der Waals surface area contributed by atoms with E-state index in [1.807, 2.05) is 0 Å². The van der Waals surface area contributed by atoms with Crippen molar-refractivity contribution in [2.45, 2.75) is 26.4 Å². The van der Waals surface area contributed by atoms with Gasteiger partial charge in [0.2, 0.25) is 11.9 Å². The molecule has 0 aromatic carbocycles. The normalized spacial score (nSPS) is 12.4. The van der Waals surface area contributed by atoms with Crippen molar-refractivity contribution in [3.8, 4) is 0 Å². The summed E-state index contributed by atoms with van der Waals surface area (Å²) in [5.41, 5.74) is -1.54. The maximum absolute atomic E-state index is 13.4. The monoisotopic (exact) mass is 257 g/mol. The summed E-state index contributed by atoms with van der Waals surface area (Å²) in [7, 11) is 0. The van der Waals surface area contributed by atoms with Crippen molar-refractivity contribution >= 4 is 11.7 Å². The molecule has 0 saturated heterocycles. The Morgan fingerprint density at radius 2 is 2.00 bits per heavy atom. The van der Waals surface area contributed by atoms with Crippen LogP contribution in [0.3, 0.4) is 0 Å². The van der Waals surface area contributed by atoms with Crippen LogP contribution < -0.4 is 5.84 Å². The van der Waals surface area contributed by atoms with E-state index in [0.717, 1.165) is 12.1 Å². The van der Waals surface area contributed by atoms with Crippen LogP contribution in [-0.4, -0.2) is 22.3 Å². The first-order chi connectivity index (χ1) is 8.24. The topological polar surface area (TPSA) is 77.6 Å². The second kappa shape index (κ2) is 5.07. The van der Waals surface area contributed by atoms with Crippen LogP contribution in [0.15, 0.2) is 17.2 Å². The summed E-state index contributed by atoms with van der Waals surface area (Å²) in [6.45, 7) is 4.91. The zero-order valence-corrected chi connectivity index (χ0v) is 10.2. The first-order valence-electron chi connectivity index (χ1n) is 5.08. The third kappa shape index (κ3) is 3.47. The average molecular weight is 257 g/mol. The summed E-state index contributed by atoms with van der Waals surface area (Å²) in [5.74, 6) is 1.95. The number of esters is 1. The van der Waals surface area contributed by atoms with Gasteiger partial charge >= 0.3 is 5.97 Å². The second-order valence-electron chi connectivity index (χ2n) is 4.45. The number of hydrogen-bond acceptors (Lipinski definition) is 5. The van der Waals surface area contributed by atoms with Gasteiger partial charge in [-0.2, -0.15) is 18.9 Å². The van der Waals surface area contributed by atoms with E-state index in [0.29, 0.717) is 0 Å². The summed E-state index contributed by atoms with van der Waals surface area (Å²) in [6.07, 6.45) is 0. The molecule has 5 nitrogen and oxygen atoms in total. The lowest BCUT2D eigenvalue weighted by Crippen LogP contribution is -2.30. The van der Waals surface area contributed by atoms with Gasteiger partial charge in [0, 0.05) is 0 Å². The fourth-order valence-electron chi connectivity index (χ4n) is 1.15. The zero-order valence-electron chi connectivity index (χ0n) is 10.2. The highest BCUT2D eigenvalue weighted by molar-refractivity contribution is 6.43. The number of nitrogens with two attached hydrogens (primary N) is 1. The van der Waals surface area contributed by atoms with Crippen molar-refractivity contribution < 1.29 is 18.3 Å². The number of ether oxygens (including phenoxy) is 1. The minimum absolute atomic E-state index is 0.312. The quantitative estimate of drug-likeness (QED) is 0.285. The van der Waals surface area contributed by atoms with E-state index in [-0.39, 0.29) is 5.56 Å². The first-order valence-corrected chi connectivity index (χ1v) is 5.08. The van der Waals surface area contributed by atoms with Crippen molar-refractivity contribution in [1.82, 2.24) is 4.98 Å². The van der Waals surface area contributed by atoms with Crippen molar-refractivity contribution in [3.63, 3.8) is 0 Å². The van der Waals surface area contributed by atoms with E-state index in [4.69, 9.17) is 10.6 Å². The highest BCUT2D eigenvalue weighted by atomic mass is 19.1. The van der Waals surface area contributed by atoms with Crippen LogP contribution in [0.2, 0.25) is 0 Å². The molecule has 0 atom stereocenters. The summed E-state index contributed by atoms with van der Waals surface area (Å²) in [5, 5.41) is 3.17. The maximum atomic E-state index is 13.4. The number of nitrogens with zero attached hydrogens (tertiary/aromatic N) is 2. The predicted molar refractivity (Wildman–Crippen MR) is 60.7 cm³/mol. The van der Waals surface area contributed by atoms with Gasteiger partial charge in [0.25, 0.3) is 0 Å². The Labute approximate surface area is 103 Å². The zero-order chi connectivity index (χ0) is 13.9. The van der Waals surface area contributed by atoms with Crippen LogP contribution in [0.5, 0.6) is 0 Å². The summed E-state index contributed by atoms with van der Waals surface area (Å²) in [4.78, 5) is 14.7. The van der Waals surface area contributed by atoms with Crippen molar-refractivity contribution in [2.75, 3.05) is 0 Å². The lowest BCUT2D eigenvalue weighted by molar-refractivity contribution is -0.146. The van der Waals surface area contributed by atoms with E-state index >= 15 is 0 Å². The molecule has 0 aliphatic carbocycles. The highest BCUT2D eigenvalue weighted by Crippen LogP contribution is 2.12. The first kappa shape index (κ1) is 14.0. The van der Waals surface area contributed by atoms with E-state index in [1.165, 1.54) is 0 Å². The van der Waals surface area contributed by atoms with Crippen LogP contribution >= 0.6 is 0 Å². The van der Waals surface area contributed by atoms with E-state index in [1.54, 1.807) is 20.8 Å². The Kier molecular flexibility index (Phi) is 3.95. The predicted octanol–water partition coefficient (Wildman–Crippen LogP) is 1.36. The molecular formula is C11H13F2N3O2. The molecule has 98 valence electrons. The Bertz CT molecular complexity index is 496. The molecule has 0 amide bonds. The largest absolute Gasteiger partial charge is 0.455 e. The molecule has 7 heteroatoms. The van der Waals surface area contributed by atoms with Gasteiger partial charge in [-0.1, -0.05) is 0 Å².